The molecule has 5 heteroatoms. The fourth-order valence-corrected chi connectivity index (χ4v) is 5.16. The molecule has 4 rings (SSSR count). The molecule has 1 fully saturated rings. The molecule has 0 amide bonds. The van der Waals surface area contributed by atoms with E-state index in [1.807, 2.05) is 0 Å². The van der Waals surface area contributed by atoms with Gasteiger partial charge in [-0.1, -0.05) is 29.7 Å². The van der Waals surface area contributed by atoms with Gasteiger partial charge >= 0.3 is 6.18 Å². The lowest BCUT2D eigenvalue weighted by Crippen LogP contribution is -2.30. The minimum Gasteiger partial charge on any atom is -0.508 e. The van der Waals surface area contributed by atoms with Gasteiger partial charge in [-0.3, -0.25) is 0 Å². The molecule has 27 heavy (non-hydrogen) atoms. The zero-order valence-corrected chi connectivity index (χ0v) is 15.3. The van der Waals surface area contributed by atoms with Crippen molar-refractivity contribution in [3.8, 4) is 5.75 Å². The van der Waals surface area contributed by atoms with E-state index in [9.17, 15) is 18.3 Å². The first kappa shape index (κ1) is 18.5. The van der Waals surface area contributed by atoms with Crippen LogP contribution in [0.15, 0.2) is 41.0 Å². The highest BCUT2D eigenvalue weighted by Gasteiger charge is 2.40. The van der Waals surface area contributed by atoms with Crippen LogP contribution in [0.2, 0.25) is 0 Å². The number of phenolic OH excluding ortho intramolecular Hbond substituents is 1. The summed E-state index contributed by atoms with van der Waals surface area (Å²) in [6.07, 6.45) is 4.26. The van der Waals surface area contributed by atoms with Gasteiger partial charge in [0.05, 0.1) is 0 Å². The van der Waals surface area contributed by atoms with Crippen LogP contribution >= 0.6 is 0 Å². The minimum absolute atomic E-state index is 0.0414. The maximum atomic E-state index is 12.9. The molecule has 0 spiro atoms. The maximum Gasteiger partial charge on any atom is 0.422 e. The molecule has 1 aromatic rings. The Morgan fingerprint density at radius 3 is 2.70 bits per heavy atom. The summed E-state index contributed by atoms with van der Waals surface area (Å²) < 4.78 is 44.2. The van der Waals surface area contributed by atoms with Crippen LogP contribution in [0.4, 0.5) is 13.2 Å². The number of allylic oxidation sites excluding steroid dienone is 3. The third-order valence-corrected chi connectivity index (χ3v) is 6.15. The van der Waals surface area contributed by atoms with E-state index in [0.29, 0.717) is 11.3 Å². The van der Waals surface area contributed by atoms with Gasteiger partial charge in [0.1, 0.15) is 11.5 Å². The second kappa shape index (κ2) is 7.25. The van der Waals surface area contributed by atoms with E-state index in [1.165, 1.54) is 24.1 Å². The highest BCUT2D eigenvalue weighted by Crippen LogP contribution is 2.53. The quantitative estimate of drug-likeness (QED) is 0.489. The van der Waals surface area contributed by atoms with E-state index in [1.54, 1.807) is 17.7 Å². The molecule has 146 valence electrons. The number of hydrogen-bond acceptors (Lipinski definition) is 2. The predicted molar refractivity (Wildman–Crippen MR) is 98.0 cm³/mol. The van der Waals surface area contributed by atoms with Gasteiger partial charge < -0.3 is 9.84 Å². The number of benzene rings is 1. The number of hydrogen-bond donors (Lipinski definition) is 1. The maximum absolute atomic E-state index is 12.9. The fraction of sp³-hybridized carbons (Fsp3) is 0.545. The van der Waals surface area contributed by atoms with E-state index >= 15 is 0 Å². The molecule has 0 aromatic heterocycles. The fourth-order valence-electron chi connectivity index (χ4n) is 5.16. The first-order valence-electron chi connectivity index (χ1n) is 9.86. The topological polar surface area (TPSA) is 29.5 Å². The molecular formula is C22H25F3O2. The number of fused-ring (bicyclic) bond motifs is 3. The molecule has 3 aliphatic rings. The largest absolute Gasteiger partial charge is 0.508 e. The van der Waals surface area contributed by atoms with Crippen molar-refractivity contribution >= 4 is 5.76 Å². The lowest BCUT2D eigenvalue weighted by atomic mass is 9.62. The Hall–Kier alpha value is -1.91. The number of rotatable bonds is 3. The average Bonchev–Trinajstić information content (AvgIpc) is 2.61. The third kappa shape index (κ3) is 3.87. The van der Waals surface area contributed by atoms with Gasteiger partial charge in [-0.25, -0.2) is 0 Å². The van der Waals surface area contributed by atoms with Crippen molar-refractivity contribution in [2.24, 2.45) is 11.8 Å². The molecule has 0 aliphatic heterocycles. The van der Waals surface area contributed by atoms with Crippen molar-refractivity contribution in [1.29, 1.82) is 0 Å². The summed E-state index contributed by atoms with van der Waals surface area (Å²) in [5.41, 5.74) is 4.59. The van der Waals surface area contributed by atoms with E-state index < -0.39 is 12.8 Å². The lowest BCUT2D eigenvalue weighted by molar-refractivity contribution is -0.158. The van der Waals surface area contributed by atoms with Crippen molar-refractivity contribution in [2.45, 2.75) is 57.5 Å². The van der Waals surface area contributed by atoms with Gasteiger partial charge in [0, 0.05) is 11.5 Å². The first-order valence-corrected chi connectivity index (χ1v) is 9.86. The Kier molecular flexibility index (Phi) is 4.95. The monoisotopic (exact) mass is 378 g/mol. The Bertz CT molecular complexity index is 776. The van der Waals surface area contributed by atoms with Crippen molar-refractivity contribution in [3.05, 3.63) is 46.5 Å². The summed E-state index contributed by atoms with van der Waals surface area (Å²) in [5, 5.41) is 9.87. The average molecular weight is 378 g/mol. The van der Waals surface area contributed by atoms with Crippen LogP contribution in [0.25, 0.3) is 5.76 Å². The Balaban J connectivity index is 1.81. The van der Waals surface area contributed by atoms with Crippen molar-refractivity contribution in [2.75, 3.05) is 6.61 Å². The Morgan fingerprint density at radius 1 is 1.11 bits per heavy atom. The zero-order chi connectivity index (χ0) is 19.0. The standard InChI is InChI=1S/C22H25F3O2/c23-22(24,25)13-27-21(16-7-3-8-17(26)12-16)20-15-6-4-10-19(20)18-9-2-1-5-14(18)11-15/h3,7-8,12,15,19,26H,1-2,4-6,9-11,13H2. The Labute approximate surface area is 157 Å². The summed E-state index contributed by atoms with van der Waals surface area (Å²) in [4.78, 5) is 0. The number of phenols is 1. The van der Waals surface area contributed by atoms with E-state index in [2.05, 4.69) is 0 Å². The lowest BCUT2D eigenvalue weighted by Gasteiger charge is -2.43. The minimum atomic E-state index is -4.39. The molecule has 1 N–H and O–H groups in total. The summed E-state index contributed by atoms with van der Waals surface area (Å²) in [6, 6.07) is 6.43. The molecule has 2 bridgehead atoms. The highest BCUT2D eigenvalue weighted by atomic mass is 19.4. The van der Waals surface area contributed by atoms with E-state index in [0.717, 1.165) is 50.5 Å². The molecular weight excluding hydrogens is 353 g/mol. The second-order valence-corrected chi connectivity index (χ2v) is 7.96. The summed E-state index contributed by atoms with van der Waals surface area (Å²) >= 11 is 0. The van der Waals surface area contributed by atoms with E-state index in [4.69, 9.17) is 4.74 Å². The molecule has 1 saturated carbocycles. The van der Waals surface area contributed by atoms with Gasteiger partial charge in [0.25, 0.3) is 0 Å². The molecule has 2 nitrogen and oxygen atoms in total. The highest BCUT2D eigenvalue weighted by molar-refractivity contribution is 5.67. The van der Waals surface area contributed by atoms with Crippen LogP contribution in [-0.2, 0) is 4.74 Å². The van der Waals surface area contributed by atoms with Crippen LogP contribution in [0.5, 0.6) is 5.75 Å². The van der Waals surface area contributed by atoms with Gasteiger partial charge in [-0.05, 0) is 68.6 Å². The van der Waals surface area contributed by atoms with Crippen LogP contribution < -0.4 is 0 Å². The Morgan fingerprint density at radius 2 is 1.93 bits per heavy atom. The number of ether oxygens (including phenoxy) is 1. The molecule has 1 aromatic carbocycles. The normalized spacial score (nSPS) is 27.2. The number of halogens is 3. The molecule has 0 radical (unpaired) electrons. The summed E-state index contributed by atoms with van der Waals surface area (Å²) in [6.45, 7) is -1.30. The van der Waals surface area contributed by atoms with Gasteiger partial charge in [0.2, 0.25) is 0 Å². The van der Waals surface area contributed by atoms with E-state index in [-0.39, 0.29) is 17.6 Å². The van der Waals surface area contributed by atoms with Gasteiger partial charge in [-0.2, -0.15) is 13.2 Å². The number of aromatic hydroxyl groups is 1. The van der Waals surface area contributed by atoms with Crippen LogP contribution in [0, 0.1) is 11.8 Å². The smallest absolute Gasteiger partial charge is 0.422 e. The molecule has 0 saturated heterocycles. The van der Waals surface area contributed by atoms with Crippen molar-refractivity contribution in [3.63, 3.8) is 0 Å². The van der Waals surface area contributed by atoms with Crippen LogP contribution in [-0.4, -0.2) is 17.9 Å². The SMILES string of the molecule is Oc1cccc(C(OCC(F)(F)F)=C2C3CCCC2C2=C(CCCC2)C3)c1. The van der Waals surface area contributed by atoms with Gasteiger partial charge in [-0.15, -0.1) is 0 Å². The molecule has 2 unspecified atom stereocenters. The first-order chi connectivity index (χ1) is 12.9. The molecule has 3 aliphatic carbocycles. The summed E-state index contributed by atoms with van der Waals surface area (Å²) in [5.74, 6) is 0.847. The third-order valence-electron chi connectivity index (χ3n) is 6.15. The molecule has 0 heterocycles. The molecule has 2 atom stereocenters. The van der Waals surface area contributed by atoms with Crippen LogP contribution in [0.1, 0.15) is 56.9 Å². The second-order valence-electron chi connectivity index (χ2n) is 7.96. The summed E-state index contributed by atoms with van der Waals surface area (Å²) in [7, 11) is 0. The predicted octanol–water partition coefficient (Wildman–Crippen LogP) is 6.37. The van der Waals surface area contributed by atoms with Gasteiger partial charge in [0.15, 0.2) is 6.61 Å². The number of alkyl halides is 3. The van der Waals surface area contributed by atoms with Crippen LogP contribution in [0.3, 0.4) is 0 Å². The van der Waals surface area contributed by atoms with Crippen molar-refractivity contribution < 1.29 is 23.0 Å². The van der Waals surface area contributed by atoms with Crippen molar-refractivity contribution in [1.82, 2.24) is 0 Å². The zero-order valence-electron chi connectivity index (χ0n) is 15.3.